The van der Waals surface area contributed by atoms with Gasteiger partial charge in [0.2, 0.25) is 5.88 Å². The Morgan fingerprint density at radius 3 is 2.56 bits per heavy atom. The van der Waals surface area contributed by atoms with Crippen LogP contribution in [0.1, 0.15) is 33.1 Å². The Balaban J connectivity index is 1.37. The van der Waals surface area contributed by atoms with Crippen LogP contribution in [-0.2, 0) is 14.3 Å². The van der Waals surface area contributed by atoms with Gasteiger partial charge in [-0.1, -0.05) is 25.4 Å². The SMILES string of the molecule is COCCCO[C@H]1CN(c2ccc(O[C@@H]3CCN(c4cc(OC)ncc4Cl)C[C@@H]3C)cc2)[C@@H](CC(=O)O)[C@@H]1C. The third-order valence-electron chi connectivity index (χ3n) is 7.82. The third-order valence-corrected chi connectivity index (χ3v) is 8.11. The number of carbonyl (C=O) groups is 1. The zero-order chi connectivity index (χ0) is 27.9. The average Bonchev–Trinajstić information content (AvgIpc) is 3.22. The van der Waals surface area contributed by atoms with Crippen molar-refractivity contribution in [2.75, 3.05) is 56.9 Å². The van der Waals surface area contributed by atoms with Gasteiger partial charge >= 0.3 is 5.97 Å². The molecule has 0 amide bonds. The Labute approximate surface area is 235 Å². The Kier molecular flexibility index (Phi) is 10.2. The summed E-state index contributed by atoms with van der Waals surface area (Å²) in [6.07, 6.45) is 3.42. The molecule has 0 spiro atoms. The number of methoxy groups -OCH3 is 2. The summed E-state index contributed by atoms with van der Waals surface area (Å²) in [5.74, 6) is 0.928. The van der Waals surface area contributed by atoms with Crippen LogP contribution in [-0.4, -0.2) is 81.4 Å². The van der Waals surface area contributed by atoms with E-state index in [1.807, 2.05) is 30.3 Å². The fourth-order valence-electron chi connectivity index (χ4n) is 5.61. The van der Waals surface area contributed by atoms with Crippen LogP contribution >= 0.6 is 11.6 Å². The molecule has 1 N–H and O–H groups in total. The van der Waals surface area contributed by atoms with E-state index >= 15 is 0 Å². The number of halogens is 1. The second-order valence-corrected chi connectivity index (χ2v) is 10.9. The number of hydrogen-bond acceptors (Lipinski definition) is 8. The van der Waals surface area contributed by atoms with Crippen molar-refractivity contribution in [1.29, 1.82) is 0 Å². The minimum atomic E-state index is -0.802. The van der Waals surface area contributed by atoms with E-state index in [1.54, 1.807) is 20.4 Å². The first kappa shape index (κ1) is 29.2. The number of piperidine rings is 1. The highest BCUT2D eigenvalue weighted by atomic mass is 35.5. The van der Waals surface area contributed by atoms with Crippen LogP contribution in [0.15, 0.2) is 36.5 Å². The van der Waals surface area contributed by atoms with E-state index in [4.69, 9.17) is 30.5 Å². The van der Waals surface area contributed by atoms with Crippen LogP contribution in [0.3, 0.4) is 0 Å². The molecule has 3 heterocycles. The number of rotatable bonds is 12. The number of carboxylic acids is 1. The normalized spacial score (nSPS) is 25.1. The van der Waals surface area contributed by atoms with E-state index in [-0.39, 0.29) is 36.5 Å². The second kappa shape index (κ2) is 13.5. The molecular weight excluding hydrogens is 522 g/mol. The summed E-state index contributed by atoms with van der Waals surface area (Å²) in [6.45, 7) is 7.79. The van der Waals surface area contributed by atoms with Gasteiger partial charge in [-0.25, -0.2) is 4.98 Å². The van der Waals surface area contributed by atoms with E-state index in [9.17, 15) is 9.90 Å². The zero-order valence-corrected chi connectivity index (χ0v) is 24.0. The van der Waals surface area contributed by atoms with Crippen LogP contribution in [0.2, 0.25) is 5.02 Å². The van der Waals surface area contributed by atoms with Crippen molar-refractivity contribution >= 4 is 28.9 Å². The van der Waals surface area contributed by atoms with Crippen LogP contribution in [0.4, 0.5) is 11.4 Å². The first-order chi connectivity index (χ1) is 18.8. The molecule has 4 rings (SSSR count). The van der Waals surface area contributed by atoms with Crippen molar-refractivity contribution in [3.05, 3.63) is 41.6 Å². The average molecular weight is 562 g/mol. The lowest BCUT2D eigenvalue weighted by Gasteiger charge is -2.38. The number of aromatic nitrogens is 1. The molecule has 2 aliphatic heterocycles. The summed E-state index contributed by atoms with van der Waals surface area (Å²) in [7, 11) is 3.28. The number of ether oxygens (including phenoxy) is 4. The van der Waals surface area contributed by atoms with E-state index in [2.05, 4.69) is 28.6 Å². The molecule has 0 saturated carbocycles. The molecule has 0 bridgehead atoms. The van der Waals surface area contributed by atoms with Gasteiger partial charge < -0.3 is 33.9 Å². The molecule has 1 aromatic heterocycles. The molecule has 2 saturated heterocycles. The molecule has 10 heteroatoms. The Morgan fingerprint density at radius 2 is 1.90 bits per heavy atom. The summed E-state index contributed by atoms with van der Waals surface area (Å²) >= 11 is 6.42. The summed E-state index contributed by atoms with van der Waals surface area (Å²) in [5, 5.41) is 10.2. The molecule has 2 fully saturated rings. The van der Waals surface area contributed by atoms with Gasteiger partial charge in [0.25, 0.3) is 0 Å². The van der Waals surface area contributed by atoms with Crippen LogP contribution < -0.4 is 19.3 Å². The molecule has 214 valence electrons. The van der Waals surface area contributed by atoms with E-state index < -0.39 is 5.97 Å². The van der Waals surface area contributed by atoms with Crippen molar-refractivity contribution in [2.24, 2.45) is 11.8 Å². The summed E-state index contributed by atoms with van der Waals surface area (Å²) < 4.78 is 22.9. The predicted molar refractivity (Wildman–Crippen MR) is 151 cm³/mol. The van der Waals surface area contributed by atoms with E-state index in [0.717, 1.165) is 43.1 Å². The molecule has 0 radical (unpaired) electrons. The molecule has 2 aliphatic rings. The van der Waals surface area contributed by atoms with Gasteiger partial charge in [-0.3, -0.25) is 4.79 Å². The smallest absolute Gasteiger partial charge is 0.305 e. The fraction of sp³-hybridized carbons (Fsp3) is 0.586. The number of nitrogens with zero attached hydrogens (tertiary/aromatic N) is 3. The lowest BCUT2D eigenvalue weighted by atomic mass is 9.96. The maximum Gasteiger partial charge on any atom is 0.305 e. The van der Waals surface area contributed by atoms with Crippen molar-refractivity contribution < 1.29 is 28.8 Å². The number of benzene rings is 1. The monoisotopic (exact) mass is 561 g/mol. The standard InChI is InChI=1S/C29H40ClN3O6/c1-19-17-32(25-14-28(37-4)31-16-23(25)30)11-10-26(19)39-22-8-6-21(7-9-22)33-18-27(38-13-5-12-36-3)20(2)24(33)15-29(34)35/h6-9,14,16,19-20,24,26-27H,5,10-13,15,17-18H2,1-4H3,(H,34,35)/t19-,20-,24-,26+,27-/m0/s1. The molecule has 5 atom stereocenters. The maximum absolute atomic E-state index is 11.6. The van der Waals surface area contributed by atoms with Gasteiger partial charge in [-0.15, -0.1) is 0 Å². The van der Waals surface area contributed by atoms with Crippen LogP contribution in [0, 0.1) is 11.8 Å². The number of carboxylic acid groups (broad SMARTS) is 1. The number of anilines is 2. The molecule has 1 aromatic carbocycles. The Morgan fingerprint density at radius 1 is 1.13 bits per heavy atom. The van der Waals surface area contributed by atoms with Gasteiger partial charge in [-0.05, 0) is 30.7 Å². The maximum atomic E-state index is 11.6. The predicted octanol–water partition coefficient (Wildman–Crippen LogP) is 4.76. The molecule has 9 nitrogen and oxygen atoms in total. The van der Waals surface area contributed by atoms with E-state index in [0.29, 0.717) is 30.7 Å². The molecule has 39 heavy (non-hydrogen) atoms. The zero-order valence-electron chi connectivity index (χ0n) is 23.2. The molecule has 0 aliphatic carbocycles. The minimum Gasteiger partial charge on any atom is -0.490 e. The summed E-state index contributed by atoms with van der Waals surface area (Å²) in [6, 6.07) is 9.74. The molecule has 0 unspecified atom stereocenters. The first-order valence-electron chi connectivity index (χ1n) is 13.6. The summed E-state index contributed by atoms with van der Waals surface area (Å²) in [5.41, 5.74) is 1.91. The molecular formula is C29H40ClN3O6. The van der Waals surface area contributed by atoms with Gasteiger partial charge in [-0.2, -0.15) is 0 Å². The summed E-state index contributed by atoms with van der Waals surface area (Å²) in [4.78, 5) is 20.2. The first-order valence-corrected chi connectivity index (χ1v) is 14.0. The largest absolute Gasteiger partial charge is 0.490 e. The number of hydrogen-bond donors (Lipinski definition) is 1. The lowest BCUT2D eigenvalue weighted by Crippen LogP contribution is -2.44. The Bertz CT molecular complexity index is 1090. The fourth-order valence-corrected chi connectivity index (χ4v) is 5.84. The topological polar surface area (TPSA) is 93.6 Å². The highest BCUT2D eigenvalue weighted by molar-refractivity contribution is 6.33. The molecule has 2 aromatic rings. The quantitative estimate of drug-likeness (QED) is 0.368. The van der Waals surface area contributed by atoms with Gasteiger partial charge in [0.05, 0.1) is 36.5 Å². The van der Waals surface area contributed by atoms with Gasteiger partial charge in [0.1, 0.15) is 11.9 Å². The van der Waals surface area contributed by atoms with Gasteiger partial charge in [0.15, 0.2) is 0 Å². The van der Waals surface area contributed by atoms with Crippen molar-refractivity contribution in [2.45, 2.75) is 51.4 Å². The van der Waals surface area contributed by atoms with E-state index in [1.165, 1.54) is 0 Å². The van der Waals surface area contributed by atoms with Crippen molar-refractivity contribution in [1.82, 2.24) is 4.98 Å². The lowest BCUT2D eigenvalue weighted by molar-refractivity contribution is -0.137. The minimum absolute atomic E-state index is 0.0259. The van der Waals surface area contributed by atoms with Crippen molar-refractivity contribution in [3.8, 4) is 11.6 Å². The second-order valence-electron chi connectivity index (χ2n) is 10.5. The highest BCUT2D eigenvalue weighted by Crippen LogP contribution is 2.36. The highest BCUT2D eigenvalue weighted by Gasteiger charge is 2.41. The number of aliphatic carboxylic acids is 1. The van der Waals surface area contributed by atoms with Crippen LogP contribution in [0.25, 0.3) is 0 Å². The third kappa shape index (κ3) is 7.26. The number of pyridine rings is 1. The van der Waals surface area contributed by atoms with Crippen LogP contribution in [0.5, 0.6) is 11.6 Å². The van der Waals surface area contributed by atoms with Gasteiger partial charge in [0, 0.05) is 76.0 Å². The van der Waals surface area contributed by atoms with Crippen molar-refractivity contribution in [3.63, 3.8) is 0 Å². The Hall–Kier alpha value is -2.75.